The maximum atomic E-state index is 13.7. The van der Waals surface area contributed by atoms with Crippen molar-refractivity contribution in [1.29, 1.82) is 0 Å². The van der Waals surface area contributed by atoms with E-state index < -0.39 is 5.60 Å². The number of amides is 3. The molecular weight excluding hydrogens is 506 g/mol. The van der Waals surface area contributed by atoms with Gasteiger partial charge in [-0.25, -0.2) is 0 Å². The maximum absolute atomic E-state index is 13.7. The van der Waals surface area contributed by atoms with E-state index in [1.807, 2.05) is 76.3 Å². The number of hydrogen-bond acceptors (Lipinski definition) is 6. The molecule has 2 atom stereocenters. The van der Waals surface area contributed by atoms with E-state index in [1.165, 1.54) is 4.90 Å². The van der Waals surface area contributed by atoms with Crippen LogP contribution in [-0.4, -0.2) is 77.1 Å². The normalized spacial score (nSPS) is 18.2. The summed E-state index contributed by atoms with van der Waals surface area (Å²) >= 11 is 0. The number of carbonyl (C=O) groups excluding carboxylic acids is 3. The number of carbonyl (C=O) groups is 3. The molecule has 5 rings (SSSR count). The van der Waals surface area contributed by atoms with Crippen LogP contribution in [0.5, 0.6) is 0 Å². The highest BCUT2D eigenvalue weighted by molar-refractivity contribution is 6.23. The molecule has 2 aliphatic rings. The van der Waals surface area contributed by atoms with E-state index in [9.17, 15) is 14.4 Å². The Morgan fingerprint density at radius 3 is 2.62 bits per heavy atom. The molecule has 1 N–H and O–H groups in total. The molecule has 0 aliphatic carbocycles. The number of nitrogens with zero attached hydrogens (tertiary/aromatic N) is 4. The maximum Gasteiger partial charge on any atom is 0.263 e. The number of anilines is 1. The molecule has 40 heavy (non-hydrogen) atoms. The fraction of sp³-hybridized carbons (Fsp3) is 0.419. The molecule has 3 aromatic rings. The van der Waals surface area contributed by atoms with Gasteiger partial charge < -0.3 is 14.5 Å². The molecule has 3 heterocycles. The molecular formula is C31H37N5O4. The number of rotatable bonds is 8. The van der Waals surface area contributed by atoms with Gasteiger partial charge in [0, 0.05) is 32.8 Å². The SMILES string of the molecule is COC(C)(C)CN1C(=O)c2cccc(N3CCC[C@@H](C(=O)N(C)[C@@H](C)c4cc(-c5ccccc5)n[nH]4)C3)c2C1=O. The minimum Gasteiger partial charge on any atom is -0.377 e. The van der Waals surface area contributed by atoms with E-state index >= 15 is 0 Å². The lowest BCUT2D eigenvalue weighted by atomic mass is 9.94. The number of nitrogens with one attached hydrogen (secondary N) is 1. The van der Waals surface area contributed by atoms with Crippen LogP contribution in [0.2, 0.25) is 0 Å². The van der Waals surface area contributed by atoms with Gasteiger partial charge >= 0.3 is 0 Å². The van der Waals surface area contributed by atoms with E-state index in [1.54, 1.807) is 18.1 Å². The molecule has 2 aliphatic heterocycles. The average molecular weight is 544 g/mol. The Labute approximate surface area is 235 Å². The van der Waals surface area contributed by atoms with Crippen molar-refractivity contribution in [2.75, 3.05) is 38.7 Å². The summed E-state index contributed by atoms with van der Waals surface area (Å²) in [6.07, 6.45) is 1.58. The van der Waals surface area contributed by atoms with Crippen LogP contribution >= 0.6 is 0 Å². The topological polar surface area (TPSA) is 98.8 Å². The highest BCUT2D eigenvalue weighted by Gasteiger charge is 2.42. The summed E-state index contributed by atoms with van der Waals surface area (Å²) in [6, 6.07) is 17.1. The third-order valence-corrected chi connectivity index (χ3v) is 8.23. The second-order valence-corrected chi connectivity index (χ2v) is 11.3. The highest BCUT2D eigenvalue weighted by Crippen LogP contribution is 2.35. The van der Waals surface area contributed by atoms with Crippen molar-refractivity contribution in [3.63, 3.8) is 0 Å². The van der Waals surface area contributed by atoms with Crippen LogP contribution in [-0.2, 0) is 9.53 Å². The zero-order valence-corrected chi connectivity index (χ0v) is 23.8. The number of piperidine rings is 1. The third-order valence-electron chi connectivity index (χ3n) is 8.23. The molecule has 1 aromatic heterocycles. The number of H-pyrrole nitrogens is 1. The third kappa shape index (κ3) is 5.13. The predicted octanol–water partition coefficient (Wildman–Crippen LogP) is 4.53. The first-order chi connectivity index (χ1) is 19.1. The smallest absolute Gasteiger partial charge is 0.263 e. The van der Waals surface area contributed by atoms with Gasteiger partial charge in [-0.3, -0.25) is 24.4 Å². The van der Waals surface area contributed by atoms with E-state index in [-0.39, 0.29) is 36.2 Å². The molecule has 0 saturated carbocycles. The van der Waals surface area contributed by atoms with Crippen LogP contribution in [0.15, 0.2) is 54.6 Å². The van der Waals surface area contributed by atoms with Crippen LogP contribution in [0.25, 0.3) is 11.3 Å². The van der Waals surface area contributed by atoms with E-state index in [2.05, 4.69) is 15.1 Å². The largest absolute Gasteiger partial charge is 0.377 e. The lowest BCUT2D eigenvalue weighted by Gasteiger charge is -2.37. The standard InChI is InChI=1S/C31H37N5O4/c1-20(24-17-25(33-32-24)21-11-7-6-8-12-21)34(4)28(37)22-13-10-16-35(18-22)26-15-9-14-23-27(26)30(39)36(29(23)38)19-31(2,3)40-5/h6-9,11-12,14-15,17,20,22H,10,13,16,18-19H2,1-5H3,(H,32,33)/t20-,22+/m0/s1. The first-order valence-electron chi connectivity index (χ1n) is 13.8. The number of aromatic nitrogens is 2. The Kier molecular flexibility index (Phi) is 7.51. The molecule has 0 radical (unpaired) electrons. The van der Waals surface area contributed by atoms with Crippen molar-refractivity contribution >= 4 is 23.4 Å². The van der Waals surface area contributed by atoms with Crippen molar-refractivity contribution < 1.29 is 19.1 Å². The van der Waals surface area contributed by atoms with Gasteiger partial charge in [-0.1, -0.05) is 36.4 Å². The minimum absolute atomic E-state index is 0.0477. The molecule has 0 unspecified atom stereocenters. The van der Waals surface area contributed by atoms with Gasteiger partial charge in [0.2, 0.25) is 5.91 Å². The molecule has 9 nitrogen and oxygen atoms in total. The number of hydrogen-bond donors (Lipinski definition) is 1. The molecule has 2 aromatic carbocycles. The summed E-state index contributed by atoms with van der Waals surface area (Å²) in [7, 11) is 3.40. The summed E-state index contributed by atoms with van der Waals surface area (Å²) in [4.78, 5) is 45.5. The summed E-state index contributed by atoms with van der Waals surface area (Å²) in [5, 5.41) is 7.55. The Balaban J connectivity index is 1.32. The van der Waals surface area contributed by atoms with E-state index in [0.29, 0.717) is 29.9 Å². The van der Waals surface area contributed by atoms with Gasteiger partial charge in [-0.15, -0.1) is 0 Å². The number of methoxy groups -OCH3 is 1. The molecule has 0 spiro atoms. The zero-order chi connectivity index (χ0) is 28.6. The number of fused-ring (bicyclic) bond motifs is 1. The summed E-state index contributed by atoms with van der Waals surface area (Å²) in [5.41, 5.74) is 3.60. The van der Waals surface area contributed by atoms with Crippen LogP contribution < -0.4 is 4.90 Å². The summed E-state index contributed by atoms with van der Waals surface area (Å²) in [6.45, 7) is 7.05. The fourth-order valence-electron chi connectivity index (χ4n) is 5.56. The molecule has 9 heteroatoms. The number of aromatic amines is 1. The van der Waals surface area contributed by atoms with Gasteiger partial charge in [0.05, 0.1) is 52.3 Å². The molecule has 1 saturated heterocycles. The first-order valence-corrected chi connectivity index (χ1v) is 13.8. The first kappa shape index (κ1) is 27.6. The minimum atomic E-state index is -0.659. The van der Waals surface area contributed by atoms with Gasteiger partial charge in [-0.2, -0.15) is 5.10 Å². The van der Waals surface area contributed by atoms with Crippen molar-refractivity contribution in [2.45, 2.75) is 45.3 Å². The quantitative estimate of drug-likeness (QED) is 0.419. The van der Waals surface area contributed by atoms with Gasteiger partial charge in [0.25, 0.3) is 11.8 Å². The Morgan fingerprint density at radius 2 is 1.90 bits per heavy atom. The van der Waals surface area contributed by atoms with Crippen molar-refractivity contribution in [2.24, 2.45) is 5.92 Å². The number of imide groups is 1. The Morgan fingerprint density at radius 1 is 1.15 bits per heavy atom. The van der Waals surface area contributed by atoms with Crippen LogP contribution in [0.4, 0.5) is 5.69 Å². The second-order valence-electron chi connectivity index (χ2n) is 11.3. The molecule has 1 fully saturated rings. The monoisotopic (exact) mass is 543 g/mol. The van der Waals surface area contributed by atoms with Crippen LogP contribution in [0, 0.1) is 5.92 Å². The molecule has 210 valence electrons. The predicted molar refractivity (Wildman–Crippen MR) is 153 cm³/mol. The molecule has 3 amide bonds. The van der Waals surface area contributed by atoms with Gasteiger partial charge in [0.1, 0.15) is 0 Å². The van der Waals surface area contributed by atoms with E-state index in [4.69, 9.17) is 4.74 Å². The van der Waals surface area contributed by atoms with Crippen LogP contribution in [0.1, 0.15) is 66.1 Å². The van der Waals surface area contributed by atoms with Gasteiger partial charge in [-0.05, 0) is 51.8 Å². The Bertz CT molecular complexity index is 1420. The van der Waals surface area contributed by atoms with E-state index in [0.717, 1.165) is 29.8 Å². The average Bonchev–Trinajstić information content (AvgIpc) is 3.56. The summed E-state index contributed by atoms with van der Waals surface area (Å²) < 4.78 is 5.47. The number of benzene rings is 2. The Hall–Kier alpha value is -3.98. The zero-order valence-electron chi connectivity index (χ0n) is 23.8. The van der Waals surface area contributed by atoms with Crippen molar-refractivity contribution in [3.8, 4) is 11.3 Å². The second kappa shape index (κ2) is 10.9. The molecule has 0 bridgehead atoms. The van der Waals surface area contributed by atoms with Crippen molar-refractivity contribution in [1.82, 2.24) is 20.0 Å². The fourth-order valence-corrected chi connectivity index (χ4v) is 5.56. The van der Waals surface area contributed by atoms with Gasteiger partial charge in [0.15, 0.2) is 0 Å². The lowest BCUT2D eigenvalue weighted by molar-refractivity contribution is -0.136. The lowest BCUT2D eigenvalue weighted by Crippen LogP contribution is -2.45. The van der Waals surface area contributed by atoms with Crippen LogP contribution in [0.3, 0.4) is 0 Å². The highest BCUT2D eigenvalue weighted by atomic mass is 16.5. The summed E-state index contributed by atoms with van der Waals surface area (Å²) in [5.74, 6) is -0.802. The van der Waals surface area contributed by atoms with Crippen molar-refractivity contribution in [3.05, 3.63) is 71.4 Å². The number of ether oxygens (including phenoxy) is 1.